The number of carbonyl (C=O) groups excluding carboxylic acids is 1. The van der Waals surface area contributed by atoms with Crippen LogP contribution in [-0.4, -0.2) is 53.6 Å². The summed E-state index contributed by atoms with van der Waals surface area (Å²) in [5, 5.41) is 0.426. The van der Waals surface area contributed by atoms with Crippen LogP contribution in [0.2, 0.25) is 5.02 Å². The van der Waals surface area contributed by atoms with Crippen LogP contribution in [0.25, 0.3) is 0 Å². The van der Waals surface area contributed by atoms with Gasteiger partial charge in [-0.1, -0.05) is 35.9 Å². The van der Waals surface area contributed by atoms with Crippen molar-refractivity contribution < 1.29 is 22.7 Å². The van der Waals surface area contributed by atoms with Crippen LogP contribution >= 0.6 is 11.6 Å². The number of para-hydroxylation sites is 2. The minimum atomic E-state index is -3.89. The molecule has 0 saturated carbocycles. The van der Waals surface area contributed by atoms with Crippen LogP contribution in [0.15, 0.2) is 77.7 Å². The minimum Gasteiger partial charge on any atom is -0.493 e. The molecular weight excluding hydrogens is 464 g/mol. The van der Waals surface area contributed by atoms with Crippen molar-refractivity contribution in [2.24, 2.45) is 0 Å². The van der Waals surface area contributed by atoms with Gasteiger partial charge in [0.2, 0.25) is 0 Å². The van der Waals surface area contributed by atoms with E-state index < -0.39 is 10.0 Å². The normalized spacial score (nSPS) is 11.0. The van der Waals surface area contributed by atoms with Crippen molar-refractivity contribution >= 4 is 33.2 Å². The number of sulfonamides is 1. The van der Waals surface area contributed by atoms with E-state index in [0.29, 0.717) is 28.8 Å². The highest BCUT2D eigenvalue weighted by Crippen LogP contribution is 2.26. The highest BCUT2D eigenvalue weighted by Gasteiger charge is 2.23. The monoisotopic (exact) mass is 488 g/mol. The molecule has 0 N–H and O–H groups in total. The van der Waals surface area contributed by atoms with Crippen molar-refractivity contribution in [3.63, 3.8) is 0 Å². The predicted octanol–water partition coefficient (Wildman–Crippen LogP) is 4.32. The molecule has 0 aromatic heterocycles. The van der Waals surface area contributed by atoms with Crippen LogP contribution in [0.1, 0.15) is 10.4 Å². The highest BCUT2D eigenvalue weighted by molar-refractivity contribution is 7.92. The zero-order valence-corrected chi connectivity index (χ0v) is 20.1. The molecule has 0 atom stereocenters. The van der Waals surface area contributed by atoms with Crippen LogP contribution < -0.4 is 13.8 Å². The molecule has 0 aliphatic rings. The molecule has 3 rings (SSSR count). The zero-order valence-electron chi connectivity index (χ0n) is 18.6. The lowest BCUT2D eigenvalue weighted by atomic mass is 10.2. The van der Waals surface area contributed by atoms with Crippen LogP contribution in [0.4, 0.5) is 5.69 Å². The van der Waals surface area contributed by atoms with Gasteiger partial charge in [0.1, 0.15) is 6.61 Å². The van der Waals surface area contributed by atoms with Crippen LogP contribution in [0, 0.1) is 0 Å². The number of benzene rings is 3. The molecule has 0 fully saturated rings. The molecule has 1 amide bonds. The molecule has 0 unspecified atom stereocenters. The zero-order chi connectivity index (χ0) is 24.0. The summed E-state index contributed by atoms with van der Waals surface area (Å²) in [4.78, 5) is 14.4. The molecule has 0 aliphatic heterocycles. The second-order valence-corrected chi connectivity index (χ2v) is 9.61. The van der Waals surface area contributed by atoms with E-state index in [9.17, 15) is 13.2 Å². The second kappa shape index (κ2) is 10.6. The molecule has 9 heteroatoms. The van der Waals surface area contributed by atoms with Gasteiger partial charge in [0.05, 0.1) is 24.2 Å². The molecule has 0 heterocycles. The summed E-state index contributed by atoms with van der Waals surface area (Å²) < 4.78 is 38.3. The van der Waals surface area contributed by atoms with Crippen LogP contribution in [0.3, 0.4) is 0 Å². The van der Waals surface area contributed by atoms with Crippen LogP contribution in [-0.2, 0) is 10.0 Å². The number of likely N-dealkylation sites (N-methyl/N-ethyl adjacent to an activating group) is 1. The lowest BCUT2D eigenvalue weighted by Crippen LogP contribution is -2.31. The first-order valence-corrected chi connectivity index (χ1v) is 11.9. The number of methoxy groups -OCH3 is 1. The Labute approximate surface area is 199 Å². The summed E-state index contributed by atoms with van der Waals surface area (Å²) in [6, 6.07) is 19.7. The maximum Gasteiger partial charge on any atom is 0.264 e. The fraction of sp³-hybridized carbons (Fsp3) is 0.208. The summed E-state index contributed by atoms with van der Waals surface area (Å²) in [7, 11) is 0.746. The number of carbonyl (C=O) groups is 1. The van der Waals surface area contributed by atoms with E-state index in [-0.39, 0.29) is 23.0 Å². The Morgan fingerprint density at radius 2 is 1.64 bits per heavy atom. The number of amides is 1. The van der Waals surface area contributed by atoms with Gasteiger partial charge in [0, 0.05) is 24.7 Å². The second-order valence-electron chi connectivity index (χ2n) is 7.21. The first-order valence-electron chi connectivity index (χ1n) is 10.1. The van der Waals surface area contributed by atoms with E-state index in [1.54, 1.807) is 62.7 Å². The largest absolute Gasteiger partial charge is 0.493 e. The molecule has 0 bridgehead atoms. The standard InChI is InChI=1S/C24H25ClN2O5S/c1-26(14-15-32-23-13-5-4-12-22(23)31-3)24(28)18-8-6-11-21(16-18)33(29,30)27(2)20-10-7-9-19(25)17-20/h4-13,16-17H,14-15H2,1-3H3. The number of anilines is 1. The number of rotatable bonds is 9. The van der Waals surface area contributed by atoms with Gasteiger partial charge in [-0.3, -0.25) is 9.10 Å². The first kappa shape index (κ1) is 24.4. The topological polar surface area (TPSA) is 76.1 Å². The maximum absolute atomic E-state index is 13.1. The molecule has 33 heavy (non-hydrogen) atoms. The predicted molar refractivity (Wildman–Crippen MR) is 129 cm³/mol. The summed E-state index contributed by atoms with van der Waals surface area (Å²) in [6.07, 6.45) is 0. The summed E-state index contributed by atoms with van der Waals surface area (Å²) in [5.41, 5.74) is 0.681. The van der Waals surface area contributed by atoms with E-state index in [1.807, 2.05) is 12.1 Å². The third-order valence-corrected chi connectivity index (χ3v) is 7.03. The van der Waals surface area contributed by atoms with E-state index >= 15 is 0 Å². The van der Waals surface area contributed by atoms with Gasteiger partial charge < -0.3 is 14.4 Å². The quantitative estimate of drug-likeness (QED) is 0.448. The van der Waals surface area contributed by atoms with E-state index in [4.69, 9.17) is 21.1 Å². The maximum atomic E-state index is 13.1. The smallest absolute Gasteiger partial charge is 0.264 e. The number of hydrogen-bond acceptors (Lipinski definition) is 5. The third kappa shape index (κ3) is 5.77. The summed E-state index contributed by atoms with van der Waals surface area (Å²) in [5.74, 6) is 0.868. The SMILES string of the molecule is COc1ccccc1OCCN(C)C(=O)c1cccc(S(=O)(=O)N(C)c2cccc(Cl)c2)c1. The summed E-state index contributed by atoms with van der Waals surface area (Å²) >= 11 is 6.00. The van der Waals surface area contributed by atoms with E-state index in [0.717, 1.165) is 4.31 Å². The Hall–Kier alpha value is -3.23. The van der Waals surface area contributed by atoms with Gasteiger partial charge in [0.15, 0.2) is 11.5 Å². The molecule has 0 radical (unpaired) electrons. The lowest BCUT2D eigenvalue weighted by molar-refractivity contribution is 0.0773. The molecule has 0 saturated heterocycles. The van der Waals surface area contributed by atoms with Gasteiger partial charge in [-0.25, -0.2) is 8.42 Å². The third-order valence-electron chi connectivity index (χ3n) is 5.01. The Bertz CT molecular complexity index is 1230. The average Bonchev–Trinajstić information content (AvgIpc) is 2.83. The van der Waals surface area contributed by atoms with Crippen molar-refractivity contribution in [3.05, 3.63) is 83.4 Å². The van der Waals surface area contributed by atoms with E-state index in [2.05, 4.69) is 0 Å². The first-order chi connectivity index (χ1) is 15.7. The number of ether oxygens (including phenoxy) is 2. The fourth-order valence-electron chi connectivity index (χ4n) is 3.11. The molecule has 0 spiro atoms. The molecule has 7 nitrogen and oxygen atoms in total. The lowest BCUT2D eigenvalue weighted by Gasteiger charge is -2.21. The highest BCUT2D eigenvalue weighted by atomic mass is 35.5. The minimum absolute atomic E-state index is 0.00879. The Morgan fingerprint density at radius 1 is 0.939 bits per heavy atom. The van der Waals surface area contributed by atoms with Crippen molar-refractivity contribution in [2.45, 2.75) is 4.90 Å². The van der Waals surface area contributed by atoms with Gasteiger partial charge in [-0.15, -0.1) is 0 Å². The van der Waals surface area contributed by atoms with Crippen molar-refractivity contribution in [3.8, 4) is 11.5 Å². The summed E-state index contributed by atoms with van der Waals surface area (Å²) in [6.45, 7) is 0.550. The molecule has 174 valence electrons. The molecule has 3 aromatic carbocycles. The van der Waals surface area contributed by atoms with E-state index in [1.165, 1.54) is 24.1 Å². The molecular formula is C24H25ClN2O5S. The Kier molecular flexibility index (Phi) is 7.84. The van der Waals surface area contributed by atoms with Crippen LogP contribution in [0.5, 0.6) is 11.5 Å². The van der Waals surface area contributed by atoms with Gasteiger partial charge in [0.25, 0.3) is 15.9 Å². The van der Waals surface area contributed by atoms with Crippen molar-refractivity contribution in [2.75, 3.05) is 38.7 Å². The Morgan fingerprint density at radius 3 is 2.33 bits per heavy atom. The van der Waals surface area contributed by atoms with Crippen molar-refractivity contribution in [1.82, 2.24) is 4.90 Å². The van der Waals surface area contributed by atoms with Crippen molar-refractivity contribution in [1.29, 1.82) is 0 Å². The van der Waals surface area contributed by atoms with Gasteiger partial charge in [-0.05, 0) is 48.5 Å². The number of halogens is 1. The fourth-order valence-corrected chi connectivity index (χ4v) is 4.53. The van der Waals surface area contributed by atoms with Gasteiger partial charge in [-0.2, -0.15) is 0 Å². The number of nitrogens with zero attached hydrogens (tertiary/aromatic N) is 2. The Balaban J connectivity index is 1.70. The van der Waals surface area contributed by atoms with Gasteiger partial charge >= 0.3 is 0 Å². The number of hydrogen-bond donors (Lipinski definition) is 0. The average molecular weight is 489 g/mol. The molecule has 0 aliphatic carbocycles. The molecule has 3 aromatic rings.